The molecular weight excluding hydrogens is 542 g/mol. The highest BCUT2D eigenvalue weighted by atomic mass is 16.6. The van der Waals surface area contributed by atoms with Crippen molar-refractivity contribution in [2.45, 2.75) is 78.2 Å². The van der Waals surface area contributed by atoms with E-state index in [-0.39, 0.29) is 18.8 Å². The average molecular weight is 580 g/mol. The maximum absolute atomic E-state index is 14.1. The second-order valence-corrected chi connectivity index (χ2v) is 12.3. The Kier molecular flexibility index (Phi) is 8.00. The number of carbonyl (C=O) groups excluding carboxylic acids is 5. The van der Waals surface area contributed by atoms with Crippen molar-refractivity contribution in [1.29, 1.82) is 0 Å². The fraction of sp³-hybridized carbons (Fsp3) is 0.531. The third kappa shape index (κ3) is 5.34. The Balaban J connectivity index is 1.41. The molecular formula is C32H37NO9. The number of ether oxygens (including phenoxy) is 3. The molecule has 2 aliphatic carbocycles. The highest BCUT2D eigenvalue weighted by Crippen LogP contribution is 2.65. The third-order valence-electron chi connectivity index (χ3n) is 9.58. The van der Waals surface area contributed by atoms with Crippen molar-refractivity contribution < 1.29 is 42.6 Å². The summed E-state index contributed by atoms with van der Waals surface area (Å²) in [6.45, 7) is 6.64. The van der Waals surface area contributed by atoms with Gasteiger partial charge in [-0.05, 0) is 48.6 Å². The van der Waals surface area contributed by atoms with Gasteiger partial charge in [0.15, 0.2) is 11.9 Å². The molecule has 2 aromatic rings. The number of ketones is 1. The van der Waals surface area contributed by atoms with Crippen molar-refractivity contribution in [3.05, 3.63) is 60.1 Å². The first-order valence-electron chi connectivity index (χ1n) is 14.4. The zero-order valence-electron chi connectivity index (χ0n) is 24.3. The number of hydrogen-bond donors (Lipinski definition) is 1. The number of furan rings is 1. The monoisotopic (exact) mass is 579 g/mol. The molecule has 0 radical (unpaired) electrons. The largest absolute Gasteiger partial charge is 0.472 e. The van der Waals surface area contributed by atoms with Gasteiger partial charge in [-0.2, -0.15) is 0 Å². The van der Waals surface area contributed by atoms with E-state index >= 15 is 0 Å². The molecule has 3 aliphatic rings. The smallest absolute Gasteiger partial charge is 0.328 e. The minimum atomic E-state index is -1.16. The van der Waals surface area contributed by atoms with Gasteiger partial charge in [0.2, 0.25) is 5.91 Å². The number of Topliss-reactive ketones (excluding diaryl/α,β-unsaturated/α-hetero) is 1. The molecule has 1 aromatic heterocycles. The summed E-state index contributed by atoms with van der Waals surface area (Å²) in [6, 6.07) is 9.99. The van der Waals surface area contributed by atoms with Gasteiger partial charge in [-0.1, -0.05) is 44.2 Å². The number of cyclic esters (lactones) is 1. The summed E-state index contributed by atoms with van der Waals surface area (Å²) >= 11 is 0. The quantitative estimate of drug-likeness (QED) is 0.380. The van der Waals surface area contributed by atoms with Gasteiger partial charge in [0.25, 0.3) is 0 Å². The fourth-order valence-electron chi connectivity index (χ4n) is 7.59. The van der Waals surface area contributed by atoms with E-state index in [4.69, 9.17) is 18.6 Å². The van der Waals surface area contributed by atoms with Crippen molar-refractivity contribution in [3.63, 3.8) is 0 Å². The molecule has 2 saturated carbocycles. The molecule has 1 unspecified atom stereocenters. The van der Waals surface area contributed by atoms with Crippen molar-refractivity contribution in [3.8, 4) is 0 Å². The van der Waals surface area contributed by atoms with Gasteiger partial charge < -0.3 is 23.9 Å². The van der Waals surface area contributed by atoms with E-state index in [0.29, 0.717) is 24.8 Å². The summed E-state index contributed by atoms with van der Waals surface area (Å²) in [6.07, 6.45) is 2.42. The van der Waals surface area contributed by atoms with E-state index in [2.05, 4.69) is 5.32 Å². The summed E-state index contributed by atoms with van der Waals surface area (Å²) in [5.74, 6) is -4.44. The van der Waals surface area contributed by atoms with Crippen LogP contribution < -0.4 is 5.32 Å². The number of amides is 1. The lowest BCUT2D eigenvalue weighted by molar-refractivity contribution is -0.208. The van der Waals surface area contributed by atoms with Gasteiger partial charge in [-0.3, -0.25) is 19.2 Å². The molecule has 1 aromatic carbocycles. The van der Waals surface area contributed by atoms with E-state index in [1.807, 2.05) is 44.2 Å². The maximum Gasteiger partial charge on any atom is 0.328 e. The standard InChI is InChI=1S/C32H37NO9/c1-18(29(37)40-16-20-8-6-5-7-9-20)33-28(36)23-14-24(41-19(2)34)26(35)27-31(23,3)12-10-22-30(38)42-25(15-32(22,27)4)21-11-13-39-17-21/h5-9,11,13,17-18,22-25,27H,10,12,14-16H2,1-4H3,(H,33,36)/t18?,22-,23-,24-,25+,27-,31-,32-/m0/s1. The zero-order chi connectivity index (χ0) is 30.2. The molecule has 1 N–H and O–H groups in total. The Morgan fingerprint density at radius 3 is 2.50 bits per heavy atom. The molecule has 1 amide bonds. The minimum absolute atomic E-state index is 0.0145. The van der Waals surface area contributed by atoms with Crippen LogP contribution in [0, 0.1) is 28.6 Å². The molecule has 0 bridgehead atoms. The van der Waals surface area contributed by atoms with Gasteiger partial charge in [-0.25, -0.2) is 4.79 Å². The predicted octanol–water partition coefficient (Wildman–Crippen LogP) is 4.08. The van der Waals surface area contributed by atoms with Crippen LogP contribution in [0.3, 0.4) is 0 Å². The van der Waals surface area contributed by atoms with E-state index in [1.165, 1.54) is 19.5 Å². The van der Waals surface area contributed by atoms with Crippen molar-refractivity contribution >= 4 is 29.6 Å². The van der Waals surface area contributed by atoms with E-state index in [0.717, 1.165) is 5.56 Å². The summed E-state index contributed by atoms with van der Waals surface area (Å²) in [5, 5.41) is 2.79. The molecule has 10 nitrogen and oxygen atoms in total. The summed E-state index contributed by atoms with van der Waals surface area (Å²) in [7, 11) is 0. The van der Waals surface area contributed by atoms with Crippen LogP contribution in [0.15, 0.2) is 53.3 Å². The van der Waals surface area contributed by atoms with Gasteiger partial charge in [0.05, 0.1) is 18.4 Å². The van der Waals surface area contributed by atoms with Crippen LogP contribution in [-0.2, 0) is 44.8 Å². The average Bonchev–Trinajstić information content (AvgIpc) is 3.48. The lowest BCUT2D eigenvalue weighted by Crippen LogP contribution is -2.65. The highest BCUT2D eigenvalue weighted by Gasteiger charge is 2.67. The number of esters is 3. The Labute approximate surface area is 244 Å². The van der Waals surface area contributed by atoms with Gasteiger partial charge in [-0.15, -0.1) is 0 Å². The minimum Gasteiger partial charge on any atom is -0.472 e. The molecule has 0 spiro atoms. The molecule has 8 atom stereocenters. The summed E-state index contributed by atoms with van der Waals surface area (Å²) in [5.41, 5.74) is -0.236. The van der Waals surface area contributed by atoms with Crippen molar-refractivity contribution in [2.75, 3.05) is 0 Å². The first-order chi connectivity index (χ1) is 19.9. The SMILES string of the molecule is CC(=O)O[C@H]1C[C@@H](C(=O)NC(C)C(=O)OCc2ccccc2)[C@]2(C)CC[C@H]3C(=O)O[C@@H](c4ccoc4)C[C@]3(C)[C@H]2C1=O. The number of benzene rings is 1. The summed E-state index contributed by atoms with van der Waals surface area (Å²) in [4.78, 5) is 66.1. The Morgan fingerprint density at radius 1 is 1.10 bits per heavy atom. The predicted molar refractivity (Wildman–Crippen MR) is 147 cm³/mol. The molecule has 1 saturated heterocycles. The van der Waals surface area contributed by atoms with E-state index in [1.54, 1.807) is 13.0 Å². The molecule has 224 valence electrons. The van der Waals surface area contributed by atoms with Crippen molar-refractivity contribution in [1.82, 2.24) is 5.32 Å². The number of hydrogen-bond acceptors (Lipinski definition) is 9. The third-order valence-corrected chi connectivity index (χ3v) is 9.58. The Hall–Kier alpha value is -3.95. The zero-order valence-corrected chi connectivity index (χ0v) is 24.3. The maximum atomic E-state index is 14.1. The molecule has 42 heavy (non-hydrogen) atoms. The molecule has 10 heteroatoms. The van der Waals surface area contributed by atoms with Crippen LogP contribution in [0.4, 0.5) is 0 Å². The lowest BCUT2D eigenvalue weighted by Gasteiger charge is -2.61. The normalized spacial score (nSPS) is 32.9. The van der Waals surface area contributed by atoms with Gasteiger partial charge in [0, 0.05) is 30.7 Å². The van der Waals surface area contributed by atoms with Crippen LogP contribution in [0.2, 0.25) is 0 Å². The molecule has 3 fully saturated rings. The molecule has 1 aliphatic heterocycles. The van der Waals surface area contributed by atoms with Gasteiger partial charge >= 0.3 is 17.9 Å². The first-order valence-corrected chi connectivity index (χ1v) is 14.4. The Bertz CT molecular complexity index is 1360. The molecule has 2 heterocycles. The number of carbonyl (C=O) groups is 5. The second kappa shape index (κ2) is 11.4. The first kappa shape index (κ1) is 29.5. The van der Waals surface area contributed by atoms with Crippen LogP contribution >= 0.6 is 0 Å². The van der Waals surface area contributed by atoms with E-state index in [9.17, 15) is 24.0 Å². The van der Waals surface area contributed by atoms with Crippen LogP contribution in [-0.4, -0.2) is 41.7 Å². The number of rotatable bonds is 7. The van der Waals surface area contributed by atoms with Crippen LogP contribution in [0.1, 0.15) is 70.6 Å². The topological polar surface area (TPSA) is 138 Å². The van der Waals surface area contributed by atoms with Gasteiger partial charge in [0.1, 0.15) is 18.8 Å². The van der Waals surface area contributed by atoms with Crippen LogP contribution in [0.25, 0.3) is 0 Å². The second-order valence-electron chi connectivity index (χ2n) is 12.3. The molecule has 5 rings (SSSR count). The number of fused-ring (bicyclic) bond motifs is 3. The Morgan fingerprint density at radius 2 is 1.83 bits per heavy atom. The van der Waals surface area contributed by atoms with Crippen molar-refractivity contribution in [2.24, 2.45) is 28.6 Å². The summed E-state index contributed by atoms with van der Waals surface area (Å²) < 4.78 is 21.9. The fourth-order valence-corrected chi connectivity index (χ4v) is 7.59. The highest BCUT2D eigenvalue weighted by molar-refractivity contribution is 5.94. The van der Waals surface area contributed by atoms with E-state index < -0.39 is 70.6 Å². The lowest BCUT2D eigenvalue weighted by atomic mass is 9.43. The van der Waals surface area contributed by atoms with Crippen LogP contribution in [0.5, 0.6) is 0 Å². The number of nitrogens with one attached hydrogen (secondary N) is 1.